The van der Waals surface area contributed by atoms with E-state index in [1.807, 2.05) is 0 Å². The SMILES string of the molecule is N#CCNC(=O)NC(C(=O)N[C@H]1C(=O)N2C(C(=O)O)=C(CSc3cccc[n+]3[O-])CSC12)c1cccs1. The molecule has 0 saturated carbocycles. The van der Waals surface area contributed by atoms with E-state index in [1.54, 1.807) is 41.8 Å². The monoisotopic (exact) mass is 560 g/mol. The number of hydrogen-bond donors (Lipinski definition) is 4. The molecule has 2 aromatic heterocycles. The van der Waals surface area contributed by atoms with Crippen LogP contribution >= 0.6 is 34.9 Å². The van der Waals surface area contributed by atoms with Gasteiger partial charge in [0.15, 0.2) is 6.20 Å². The fraction of sp³-hybridized carbons (Fsp3) is 0.273. The van der Waals surface area contributed by atoms with Gasteiger partial charge in [-0.3, -0.25) is 14.5 Å². The molecular formula is C22H20N6O6S3. The molecule has 12 nitrogen and oxygen atoms in total. The number of hydrogen-bond acceptors (Lipinski definition) is 9. The summed E-state index contributed by atoms with van der Waals surface area (Å²) in [5, 5.41) is 39.3. The van der Waals surface area contributed by atoms with E-state index in [9.17, 15) is 29.5 Å². The van der Waals surface area contributed by atoms with Crippen LogP contribution in [0.15, 0.2) is 58.2 Å². The molecule has 1 saturated heterocycles. The number of β-lactam (4-membered cyclic amide) rings is 1. The minimum absolute atomic E-state index is 0.149. The van der Waals surface area contributed by atoms with Crippen molar-refractivity contribution in [3.8, 4) is 6.07 Å². The molecule has 0 aromatic carbocycles. The second kappa shape index (κ2) is 11.5. The maximum absolute atomic E-state index is 13.1. The van der Waals surface area contributed by atoms with Crippen LogP contribution in [0.5, 0.6) is 0 Å². The minimum atomic E-state index is -1.27. The average molecular weight is 561 g/mol. The van der Waals surface area contributed by atoms with E-state index in [4.69, 9.17) is 5.26 Å². The number of rotatable bonds is 9. The topological polar surface area (TPSA) is 179 Å². The van der Waals surface area contributed by atoms with Crippen molar-refractivity contribution in [3.05, 3.63) is 63.3 Å². The number of pyridine rings is 1. The van der Waals surface area contributed by atoms with Gasteiger partial charge in [-0.2, -0.15) is 9.99 Å². The van der Waals surface area contributed by atoms with Gasteiger partial charge in [0.25, 0.3) is 10.9 Å². The quantitative estimate of drug-likeness (QED) is 0.113. The van der Waals surface area contributed by atoms with Crippen LogP contribution < -0.4 is 20.7 Å². The summed E-state index contributed by atoms with van der Waals surface area (Å²) >= 11 is 3.71. The van der Waals surface area contributed by atoms with Crippen molar-refractivity contribution >= 4 is 58.7 Å². The van der Waals surface area contributed by atoms with Gasteiger partial charge in [-0.25, -0.2) is 9.59 Å². The van der Waals surface area contributed by atoms with Crippen molar-refractivity contribution in [1.29, 1.82) is 5.26 Å². The van der Waals surface area contributed by atoms with Gasteiger partial charge in [0.05, 0.1) is 6.07 Å². The van der Waals surface area contributed by atoms with Gasteiger partial charge in [-0.05, 0) is 23.1 Å². The number of aliphatic carboxylic acids is 1. The van der Waals surface area contributed by atoms with Gasteiger partial charge < -0.3 is 26.3 Å². The van der Waals surface area contributed by atoms with Crippen LogP contribution in [0.1, 0.15) is 10.9 Å². The summed E-state index contributed by atoms with van der Waals surface area (Å²) in [6.45, 7) is -0.247. The van der Waals surface area contributed by atoms with Crippen LogP contribution in [-0.4, -0.2) is 63.3 Å². The van der Waals surface area contributed by atoms with Gasteiger partial charge in [0, 0.05) is 28.5 Å². The highest BCUT2D eigenvalue weighted by Gasteiger charge is 2.54. The first kappa shape index (κ1) is 26.3. The fourth-order valence-corrected chi connectivity index (χ4v) is 6.91. The van der Waals surface area contributed by atoms with E-state index >= 15 is 0 Å². The zero-order valence-electron chi connectivity index (χ0n) is 18.9. The standard InChI is InChI=1S/C22H20N6O6S3/c23-6-7-24-22(33)26-15(13-4-3-9-35-13)18(29)25-16-19(30)28-17(21(31)32)12(11-37-20(16)28)10-36-14-5-1-2-8-27(14)34/h1-5,8-9,15-16,20H,7,10-11H2,(H,25,29)(H,31,32)(H2,24,26,33)/t15?,16-,20?/m0/s1. The van der Waals surface area contributed by atoms with Crippen LogP contribution in [0.25, 0.3) is 0 Å². The van der Waals surface area contributed by atoms with Crippen LogP contribution in [-0.2, 0) is 14.4 Å². The maximum atomic E-state index is 13.1. The lowest BCUT2D eigenvalue weighted by Crippen LogP contribution is -2.71. The normalized spacial score (nSPS) is 19.2. The van der Waals surface area contributed by atoms with Crippen molar-refractivity contribution in [3.63, 3.8) is 0 Å². The van der Waals surface area contributed by atoms with Gasteiger partial charge in [-0.1, -0.05) is 17.8 Å². The number of nitrogens with one attached hydrogen (secondary N) is 3. The Labute approximate surface area is 223 Å². The molecule has 4 rings (SSSR count). The molecule has 2 aromatic rings. The molecule has 192 valence electrons. The largest absolute Gasteiger partial charge is 0.618 e. The van der Waals surface area contributed by atoms with E-state index in [0.29, 0.717) is 26.0 Å². The lowest BCUT2D eigenvalue weighted by atomic mass is 10.0. The Balaban J connectivity index is 1.47. The molecule has 2 aliphatic heterocycles. The number of aromatic nitrogens is 1. The van der Waals surface area contributed by atoms with Gasteiger partial charge >= 0.3 is 12.0 Å². The van der Waals surface area contributed by atoms with Crippen LogP contribution in [0.4, 0.5) is 4.79 Å². The number of carbonyl (C=O) groups is 4. The summed E-state index contributed by atoms with van der Waals surface area (Å²) < 4.78 is 0.684. The number of urea groups is 1. The van der Waals surface area contributed by atoms with Gasteiger partial charge in [0.2, 0.25) is 5.91 Å². The molecule has 0 radical (unpaired) electrons. The fourth-order valence-electron chi connectivity index (χ4n) is 3.74. The Hall–Kier alpha value is -3.74. The Morgan fingerprint density at radius 1 is 1.32 bits per heavy atom. The lowest BCUT2D eigenvalue weighted by Gasteiger charge is -2.49. The van der Waals surface area contributed by atoms with Gasteiger partial charge in [0.1, 0.15) is 29.7 Å². The number of fused-ring (bicyclic) bond motifs is 1. The van der Waals surface area contributed by atoms with E-state index in [0.717, 1.165) is 4.90 Å². The number of amides is 4. The molecule has 4 heterocycles. The third-order valence-corrected chi connectivity index (χ3v) is 8.81. The third kappa shape index (κ3) is 5.66. The molecule has 37 heavy (non-hydrogen) atoms. The smallest absolute Gasteiger partial charge is 0.352 e. The number of nitrogens with zero attached hydrogens (tertiary/aromatic N) is 3. The highest BCUT2D eigenvalue weighted by Crippen LogP contribution is 2.41. The Kier molecular flexibility index (Phi) is 8.21. The van der Waals surface area contributed by atoms with Crippen molar-refractivity contribution in [2.45, 2.75) is 22.5 Å². The first-order valence-corrected chi connectivity index (χ1v) is 13.7. The molecule has 3 atom stereocenters. The van der Waals surface area contributed by atoms with Crippen molar-refractivity contribution in [1.82, 2.24) is 20.9 Å². The van der Waals surface area contributed by atoms with Crippen LogP contribution in [0.3, 0.4) is 0 Å². The molecule has 0 bridgehead atoms. The Bertz CT molecular complexity index is 1290. The van der Waals surface area contributed by atoms with Crippen molar-refractivity contribution < 1.29 is 29.0 Å². The average Bonchev–Trinajstić information content (AvgIpc) is 3.42. The van der Waals surface area contributed by atoms with Crippen molar-refractivity contribution in [2.75, 3.05) is 18.1 Å². The lowest BCUT2D eigenvalue weighted by molar-refractivity contribution is -0.645. The maximum Gasteiger partial charge on any atom is 0.352 e. The second-order valence-electron chi connectivity index (χ2n) is 7.74. The molecule has 4 amide bonds. The third-order valence-electron chi connectivity index (χ3n) is 5.42. The molecular weight excluding hydrogens is 540 g/mol. The minimum Gasteiger partial charge on any atom is -0.618 e. The number of nitriles is 1. The summed E-state index contributed by atoms with van der Waals surface area (Å²) in [7, 11) is 0. The highest BCUT2D eigenvalue weighted by atomic mass is 32.2. The molecule has 15 heteroatoms. The molecule has 2 unspecified atom stereocenters. The van der Waals surface area contributed by atoms with E-state index in [-0.39, 0.29) is 18.0 Å². The zero-order chi connectivity index (χ0) is 26.5. The summed E-state index contributed by atoms with van der Waals surface area (Å²) in [6.07, 6.45) is 1.35. The van der Waals surface area contributed by atoms with E-state index in [2.05, 4.69) is 16.0 Å². The first-order chi connectivity index (χ1) is 17.8. The van der Waals surface area contributed by atoms with E-state index in [1.165, 1.54) is 41.1 Å². The van der Waals surface area contributed by atoms with Crippen LogP contribution in [0.2, 0.25) is 0 Å². The highest BCUT2D eigenvalue weighted by molar-refractivity contribution is 8.01. The predicted molar refractivity (Wildman–Crippen MR) is 135 cm³/mol. The predicted octanol–water partition coefficient (Wildman–Crippen LogP) is 0.776. The molecule has 0 spiro atoms. The number of carbonyl (C=O) groups excluding carboxylic acids is 3. The number of thioether (sulfide) groups is 2. The van der Waals surface area contributed by atoms with Gasteiger partial charge in [-0.15, -0.1) is 23.1 Å². The molecule has 1 fully saturated rings. The molecule has 0 aliphatic carbocycles. The molecule has 2 aliphatic rings. The Morgan fingerprint density at radius 3 is 2.81 bits per heavy atom. The first-order valence-electron chi connectivity index (χ1n) is 10.8. The summed E-state index contributed by atoms with van der Waals surface area (Å²) in [4.78, 5) is 51.9. The Morgan fingerprint density at radius 2 is 2.14 bits per heavy atom. The second-order valence-corrected chi connectivity index (χ2v) is 10.8. The summed E-state index contributed by atoms with van der Waals surface area (Å²) in [5.74, 6) is -1.99. The van der Waals surface area contributed by atoms with Crippen LogP contribution in [0, 0.1) is 16.5 Å². The summed E-state index contributed by atoms with van der Waals surface area (Å²) in [6, 6.07) is 7.22. The van der Waals surface area contributed by atoms with E-state index < -0.39 is 41.3 Å². The summed E-state index contributed by atoms with van der Waals surface area (Å²) in [5.41, 5.74) is 0.344. The number of thiophene rings is 1. The number of carboxylic acid groups (broad SMARTS) is 1. The number of carboxylic acids is 1. The molecule has 4 N–H and O–H groups in total. The van der Waals surface area contributed by atoms with Crippen molar-refractivity contribution in [2.24, 2.45) is 0 Å². The zero-order valence-corrected chi connectivity index (χ0v) is 21.4.